The maximum atomic E-state index is 10.9. The van der Waals surface area contributed by atoms with Crippen LogP contribution < -0.4 is 5.32 Å². The number of aldehydes is 1. The lowest BCUT2D eigenvalue weighted by Gasteiger charge is -2.17. The van der Waals surface area contributed by atoms with E-state index in [4.69, 9.17) is 0 Å². The van der Waals surface area contributed by atoms with E-state index in [1.165, 1.54) is 12.8 Å². The Hall–Kier alpha value is -1.39. The monoisotopic (exact) mass is 222 g/mol. The molecular formula is C11H18N4O. The van der Waals surface area contributed by atoms with Gasteiger partial charge in [-0.15, -0.1) is 10.2 Å². The van der Waals surface area contributed by atoms with Crippen molar-refractivity contribution in [3.8, 4) is 0 Å². The van der Waals surface area contributed by atoms with Gasteiger partial charge in [-0.05, 0) is 26.7 Å². The van der Waals surface area contributed by atoms with Gasteiger partial charge in [0.25, 0.3) is 0 Å². The smallest absolute Gasteiger partial charge is 0.225 e. The topological polar surface area (TPSA) is 59.8 Å². The van der Waals surface area contributed by atoms with Crippen LogP contribution in [0.3, 0.4) is 0 Å². The predicted molar refractivity (Wildman–Crippen MR) is 61.7 cm³/mol. The maximum Gasteiger partial charge on any atom is 0.225 e. The molecule has 5 heteroatoms. The Morgan fingerprint density at radius 3 is 2.62 bits per heavy atom. The average molecular weight is 222 g/mol. The summed E-state index contributed by atoms with van der Waals surface area (Å²) in [7, 11) is 0. The van der Waals surface area contributed by atoms with E-state index in [1.807, 2.05) is 18.4 Å². The SMILES string of the molecule is CC(C)Nc1nnc(C=O)n1C1CCCC1. The quantitative estimate of drug-likeness (QED) is 0.792. The van der Waals surface area contributed by atoms with Gasteiger partial charge in [0.2, 0.25) is 5.95 Å². The Kier molecular flexibility index (Phi) is 3.22. The van der Waals surface area contributed by atoms with Gasteiger partial charge in [0.15, 0.2) is 12.1 Å². The number of hydrogen-bond donors (Lipinski definition) is 1. The van der Waals surface area contributed by atoms with Gasteiger partial charge in [0.1, 0.15) is 0 Å². The molecule has 0 radical (unpaired) electrons. The first-order valence-corrected chi connectivity index (χ1v) is 5.89. The third kappa shape index (κ3) is 2.08. The van der Waals surface area contributed by atoms with E-state index in [0.29, 0.717) is 17.9 Å². The van der Waals surface area contributed by atoms with Crippen molar-refractivity contribution in [2.75, 3.05) is 5.32 Å². The number of carbonyl (C=O) groups is 1. The normalized spacial score (nSPS) is 16.9. The van der Waals surface area contributed by atoms with E-state index < -0.39 is 0 Å². The van der Waals surface area contributed by atoms with Crippen molar-refractivity contribution in [2.45, 2.75) is 51.6 Å². The van der Waals surface area contributed by atoms with Crippen molar-refractivity contribution in [3.05, 3.63) is 5.82 Å². The summed E-state index contributed by atoms with van der Waals surface area (Å²) in [6.07, 6.45) is 5.47. The molecule has 88 valence electrons. The van der Waals surface area contributed by atoms with E-state index >= 15 is 0 Å². The summed E-state index contributed by atoms with van der Waals surface area (Å²) in [6.45, 7) is 4.10. The van der Waals surface area contributed by atoms with E-state index in [1.54, 1.807) is 0 Å². The molecule has 5 nitrogen and oxygen atoms in total. The number of hydrogen-bond acceptors (Lipinski definition) is 4. The second-order valence-corrected chi connectivity index (χ2v) is 4.61. The molecule has 0 saturated heterocycles. The molecule has 1 fully saturated rings. The average Bonchev–Trinajstić information content (AvgIpc) is 2.84. The first-order chi connectivity index (χ1) is 7.72. The molecule has 1 aromatic heterocycles. The van der Waals surface area contributed by atoms with Crippen molar-refractivity contribution in [1.29, 1.82) is 0 Å². The zero-order valence-corrected chi connectivity index (χ0v) is 9.81. The number of aromatic nitrogens is 3. The second kappa shape index (κ2) is 4.63. The Balaban J connectivity index is 2.29. The standard InChI is InChI=1S/C11H18N4O/c1-8(2)12-11-14-13-10(7-16)15(11)9-5-3-4-6-9/h7-9H,3-6H2,1-2H3,(H,12,14). The zero-order chi connectivity index (χ0) is 11.5. The Morgan fingerprint density at radius 2 is 2.06 bits per heavy atom. The van der Waals surface area contributed by atoms with Crippen LogP contribution in [0.2, 0.25) is 0 Å². The third-order valence-electron chi connectivity index (χ3n) is 2.94. The Bertz CT molecular complexity index is 366. The number of rotatable bonds is 4. The summed E-state index contributed by atoms with van der Waals surface area (Å²) < 4.78 is 1.96. The Labute approximate surface area is 95.2 Å². The molecule has 1 aliphatic carbocycles. The van der Waals surface area contributed by atoms with Crippen LogP contribution in [0.1, 0.15) is 56.2 Å². The number of nitrogens with zero attached hydrogens (tertiary/aromatic N) is 3. The molecule has 16 heavy (non-hydrogen) atoms. The van der Waals surface area contributed by atoms with E-state index in [0.717, 1.165) is 25.1 Å². The molecule has 0 aliphatic heterocycles. The minimum Gasteiger partial charge on any atom is -0.352 e. The molecule has 1 aliphatic rings. The Morgan fingerprint density at radius 1 is 1.38 bits per heavy atom. The summed E-state index contributed by atoms with van der Waals surface area (Å²) in [5.41, 5.74) is 0. The van der Waals surface area contributed by atoms with Crippen LogP contribution in [0.25, 0.3) is 0 Å². The number of nitrogens with one attached hydrogen (secondary N) is 1. The molecule has 1 saturated carbocycles. The molecule has 1 heterocycles. The minimum absolute atomic E-state index is 0.295. The van der Waals surface area contributed by atoms with Gasteiger partial charge < -0.3 is 5.32 Å². The molecule has 2 rings (SSSR count). The van der Waals surface area contributed by atoms with Crippen LogP contribution in [-0.2, 0) is 0 Å². The van der Waals surface area contributed by atoms with E-state index in [9.17, 15) is 4.79 Å². The van der Waals surface area contributed by atoms with Gasteiger partial charge in [-0.2, -0.15) is 0 Å². The minimum atomic E-state index is 0.295. The molecule has 0 unspecified atom stereocenters. The second-order valence-electron chi connectivity index (χ2n) is 4.61. The molecule has 0 bridgehead atoms. The highest BCUT2D eigenvalue weighted by Gasteiger charge is 2.23. The van der Waals surface area contributed by atoms with Crippen LogP contribution >= 0.6 is 0 Å². The highest BCUT2D eigenvalue weighted by atomic mass is 16.1. The van der Waals surface area contributed by atoms with Crippen molar-refractivity contribution in [2.24, 2.45) is 0 Å². The fourth-order valence-electron chi connectivity index (χ4n) is 2.26. The maximum absolute atomic E-state index is 10.9. The van der Waals surface area contributed by atoms with Crippen LogP contribution in [-0.4, -0.2) is 27.1 Å². The largest absolute Gasteiger partial charge is 0.352 e. The molecular weight excluding hydrogens is 204 g/mol. The number of carbonyl (C=O) groups excluding carboxylic acids is 1. The van der Waals surface area contributed by atoms with Crippen molar-refractivity contribution in [3.63, 3.8) is 0 Å². The van der Waals surface area contributed by atoms with Crippen LogP contribution in [0.5, 0.6) is 0 Å². The molecule has 0 amide bonds. The number of anilines is 1. The summed E-state index contributed by atoms with van der Waals surface area (Å²) in [4.78, 5) is 10.9. The van der Waals surface area contributed by atoms with Crippen molar-refractivity contribution < 1.29 is 4.79 Å². The third-order valence-corrected chi connectivity index (χ3v) is 2.94. The van der Waals surface area contributed by atoms with Crippen molar-refractivity contribution >= 4 is 12.2 Å². The van der Waals surface area contributed by atoms with Gasteiger partial charge in [0, 0.05) is 12.1 Å². The molecule has 1 N–H and O–H groups in total. The first-order valence-electron chi connectivity index (χ1n) is 5.89. The lowest BCUT2D eigenvalue weighted by atomic mass is 10.2. The molecule has 0 spiro atoms. The fourth-order valence-corrected chi connectivity index (χ4v) is 2.26. The van der Waals surface area contributed by atoms with E-state index in [-0.39, 0.29) is 0 Å². The highest BCUT2D eigenvalue weighted by Crippen LogP contribution is 2.32. The predicted octanol–water partition coefficient (Wildman–Crippen LogP) is 2.03. The summed E-state index contributed by atoms with van der Waals surface area (Å²) in [5.74, 6) is 1.17. The van der Waals surface area contributed by atoms with Crippen molar-refractivity contribution in [1.82, 2.24) is 14.8 Å². The summed E-state index contributed by atoms with van der Waals surface area (Å²) in [6, 6.07) is 0.681. The molecule has 0 atom stereocenters. The van der Waals surface area contributed by atoms with Crippen LogP contribution in [0, 0.1) is 0 Å². The zero-order valence-electron chi connectivity index (χ0n) is 9.81. The lowest BCUT2D eigenvalue weighted by molar-refractivity contribution is 0.110. The summed E-state index contributed by atoms with van der Waals surface area (Å²) >= 11 is 0. The molecule has 0 aromatic carbocycles. The van der Waals surface area contributed by atoms with Gasteiger partial charge in [0.05, 0.1) is 0 Å². The van der Waals surface area contributed by atoms with Crippen LogP contribution in [0.15, 0.2) is 0 Å². The van der Waals surface area contributed by atoms with Gasteiger partial charge in [-0.1, -0.05) is 12.8 Å². The summed E-state index contributed by atoms with van der Waals surface area (Å²) in [5, 5.41) is 11.2. The fraction of sp³-hybridized carbons (Fsp3) is 0.727. The van der Waals surface area contributed by atoms with E-state index in [2.05, 4.69) is 15.5 Å². The van der Waals surface area contributed by atoms with Gasteiger partial charge in [-0.3, -0.25) is 9.36 Å². The lowest BCUT2D eigenvalue weighted by Crippen LogP contribution is -2.18. The highest BCUT2D eigenvalue weighted by molar-refractivity contribution is 5.70. The van der Waals surface area contributed by atoms with Gasteiger partial charge >= 0.3 is 0 Å². The first kappa shape index (κ1) is 11.1. The van der Waals surface area contributed by atoms with Gasteiger partial charge in [-0.25, -0.2) is 0 Å². The van der Waals surface area contributed by atoms with Crippen LogP contribution in [0.4, 0.5) is 5.95 Å². The molecule has 1 aromatic rings.